The van der Waals surface area contributed by atoms with Gasteiger partial charge in [0.1, 0.15) is 0 Å². The maximum absolute atomic E-state index is 11.4. The molecule has 1 aromatic rings. The lowest BCUT2D eigenvalue weighted by atomic mass is 10.1. The Kier molecular flexibility index (Phi) is 4.30. The number of anilines is 2. The molecule has 0 aliphatic rings. The van der Waals surface area contributed by atoms with Crippen molar-refractivity contribution < 1.29 is 19.5 Å². The number of carbonyl (C=O) groups excluding carboxylic acids is 2. The van der Waals surface area contributed by atoms with E-state index in [0.29, 0.717) is 11.4 Å². The molecular formula is C11H14N4O4. The fourth-order valence-electron chi connectivity index (χ4n) is 1.54. The Morgan fingerprint density at radius 1 is 1.37 bits per heavy atom. The zero-order chi connectivity index (χ0) is 14.6. The van der Waals surface area contributed by atoms with E-state index in [-0.39, 0.29) is 12.1 Å². The van der Waals surface area contributed by atoms with Crippen molar-refractivity contribution in [2.75, 3.05) is 24.2 Å². The number of carboxylic acids is 1. The van der Waals surface area contributed by atoms with E-state index in [2.05, 4.69) is 0 Å². The number of nitrogens with one attached hydrogen (secondary N) is 1. The Bertz CT molecular complexity index is 529. The average molecular weight is 266 g/mol. The minimum Gasteiger partial charge on any atom is -0.478 e. The number of benzene rings is 1. The molecule has 0 aliphatic heterocycles. The van der Waals surface area contributed by atoms with Gasteiger partial charge in [0.05, 0.1) is 17.8 Å². The highest BCUT2D eigenvalue weighted by Crippen LogP contribution is 2.22. The van der Waals surface area contributed by atoms with Crippen LogP contribution in [0.4, 0.5) is 16.2 Å². The lowest BCUT2D eigenvalue weighted by molar-refractivity contribution is -0.118. The number of aromatic carboxylic acids is 1. The molecule has 102 valence electrons. The van der Waals surface area contributed by atoms with Crippen LogP contribution in [0, 0.1) is 0 Å². The Labute approximate surface area is 109 Å². The summed E-state index contributed by atoms with van der Waals surface area (Å²) in [5.74, 6) is -1.80. The van der Waals surface area contributed by atoms with Crippen LogP contribution in [0.5, 0.6) is 0 Å². The fourth-order valence-corrected chi connectivity index (χ4v) is 1.54. The molecule has 19 heavy (non-hydrogen) atoms. The molecule has 1 aromatic carbocycles. The molecule has 0 atom stereocenters. The van der Waals surface area contributed by atoms with E-state index in [4.69, 9.17) is 16.6 Å². The van der Waals surface area contributed by atoms with Gasteiger partial charge in [0.2, 0.25) is 5.91 Å². The molecule has 0 aliphatic carbocycles. The van der Waals surface area contributed by atoms with Crippen LogP contribution >= 0.6 is 0 Å². The third-order valence-corrected chi connectivity index (χ3v) is 2.31. The highest BCUT2D eigenvalue weighted by molar-refractivity contribution is 5.98. The Balaban J connectivity index is 2.93. The smallest absolute Gasteiger partial charge is 0.337 e. The molecule has 0 unspecified atom stereocenters. The van der Waals surface area contributed by atoms with Crippen molar-refractivity contribution in [2.45, 2.75) is 0 Å². The van der Waals surface area contributed by atoms with Gasteiger partial charge < -0.3 is 21.5 Å². The van der Waals surface area contributed by atoms with Gasteiger partial charge in [-0.1, -0.05) is 0 Å². The summed E-state index contributed by atoms with van der Waals surface area (Å²) in [5.41, 5.74) is 10.9. The predicted octanol–water partition coefficient (Wildman–Crippen LogP) is -0.402. The third-order valence-electron chi connectivity index (χ3n) is 2.31. The van der Waals surface area contributed by atoms with Crippen LogP contribution in [-0.4, -0.2) is 36.6 Å². The summed E-state index contributed by atoms with van der Waals surface area (Å²) in [6.45, 7) is -0.215. The minimum absolute atomic E-state index is 0.0330. The van der Waals surface area contributed by atoms with Gasteiger partial charge in [-0.3, -0.25) is 10.1 Å². The van der Waals surface area contributed by atoms with E-state index in [9.17, 15) is 14.4 Å². The summed E-state index contributed by atoms with van der Waals surface area (Å²) >= 11 is 0. The van der Waals surface area contributed by atoms with E-state index in [1.807, 2.05) is 5.32 Å². The average Bonchev–Trinajstić information content (AvgIpc) is 2.27. The van der Waals surface area contributed by atoms with Crippen molar-refractivity contribution in [2.24, 2.45) is 5.73 Å². The lowest BCUT2D eigenvalue weighted by Gasteiger charge is -2.20. The van der Waals surface area contributed by atoms with Crippen LogP contribution in [0.1, 0.15) is 10.4 Å². The van der Waals surface area contributed by atoms with E-state index in [1.165, 1.54) is 30.1 Å². The van der Waals surface area contributed by atoms with Crippen LogP contribution in [0.15, 0.2) is 18.2 Å². The molecule has 0 heterocycles. The SMILES string of the molecule is CN(CC(=O)NC(N)=O)c1ccc(N)cc1C(=O)O. The normalized spacial score (nSPS) is 9.74. The maximum Gasteiger partial charge on any atom is 0.337 e. The van der Waals surface area contributed by atoms with Crippen LogP contribution in [-0.2, 0) is 4.79 Å². The van der Waals surface area contributed by atoms with E-state index >= 15 is 0 Å². The summed E-state index contributed by atoms with van der Waals surface area (Å²) in [4.78, 5) is 34.3. The van der Waals surface area contributed by atoms with Crippen molar-refractivity contribution in [3.63, 3.8) is 0 Å². The number of carboxylic acid groups (broad SMARTS) is 1. The van der Waals surface area contributed by atoms with Gasteiger partial charge in [-0.25, -0.2) is 9.59 Å². The summed E-state index contributed by atoms with van der Waals surface area (Å²) in [6.07, 6.45) is 0. The second kappa shape index (κ2) is 5.71. The summed E-state index contributed by atoms with van der Waals surface area (Å²) in [6, 6.07) is 3.33. The van der Waals surface area contributed by atoms with Gasteiger partial charge in [-0.15, -0.1) is 0 Å². The lowest BCUT2D eigenvalue weighted by Crippen LogP contribution is -2.41. The largest absolute Gasteiger partial charge is 0.478 e. The van der Waals surface area contributed by atoms with Crippen LogP contribution < -0.4 is 21.7 Å². The molecule has 3 amide bonds. The van der Waals surface area contributed by atoms with Crippen LogP contribution in [0.2, 0.25) is 0 Å². The Hall–Kier alpha value is -2.77. The molecule has 0 spiro atoms. The monoisotopic (exact) mass is 266 g/mol. The molecule has 0 fully saturated rings. The first-order valence-corrected chi connectivity index (χ1v) is 5.24. The molecule has 1 rings (SSSR count). The number of nitrogens with zero attached hydrogens (tertiary/aromatic N) is 1. The number of hydrogen-bond acceptors (Lipinski definition) is 5. The van der Waals surface area contributed by atoms with Gasteiger partial charge in [-0.05, 0) is 18.2 Å². The fraction of sp³-hybridized carbons (Fsp3) is 0.182. The highest BCUT2D eigenvalue weighted by atomic mass is 16.4. The van der Waals surface area contributed by atoms with Gasteiger partial charge in [0.15, 0.2) is 0 Å². The first-order valence-electron chi connectivity index (χ1n) is 5.24. The predicted molar refractivity (Wildman–Crippen MR) is 68.8 cm³/mol. The molecular weight excluding hydrogens is 252 g/mol. The molecule has 0 saturated heterocycles. The first kappa shape index (κ1) is 14.3. The van der Waals surface area contributed by atoms with Gasteiger partial charge in [0, 0.05) is 12.7 Å². The van der Waals surface area contributed by atoms with Gasteiger partial charge in [-0.2, -0.15) is 0 Å². The number of carbonyl (C=O) groups is 3. The van der Waals surface area contributed by atoms with Gasteiger partial charge in [0.25, 0.3) is 0 Å². The molecule has 0 aromatic heterocycles. The number of rotatable bonds is 4. The first-order chi connectivity index (χ1) is 8.81. The number of nitrogen functional groups attached to an aromatic ring is 1. The number of likely N-dealkylation sites (N-methyl/N-ethyl adjacent to an activating group) is 1. The van der Waals surface area contributed by atoms with Crippen LogP contribution in [0.3, 0.4) is 0 Å². The number of imide groups is 1. The zero-order valence-corrected chi connectivity index (χ0v) is 10.2. The van der Waals surface area contributed by atoms with Crippen molar-refractivity contribution in [3.05, 3.63) is 23.8 Å². The molecule has 0 radical (unpaired) electrons. The van der Waals surface area contributed by atoms with Crippen molar-refractivity contribution in [3.8, 4) is 0 Å². The van der Waals surface area contributed by atoms with Crippen molar-refractivity contribution in [1.82, 2.24) is 5.32 Å². The topological polar surface area (TPSA) is 139 Å². The second-order valence-corrected chi connectivity index (χ2v) is 3.85. The minimum atomic E-state index is -1.16. The number of urea groups is 1. The number of hydrogen-bond donors (Lipinski definition) is 4. The summed E-state index contributed by atoms with van der Waals surface area (Å²) in [7, 11) is 1.51. The quantitative estimate of drug-likeness (QED) is 0.547. The third kappa shape index (κ3) is 3.87. The van der Waals surface area contributed by atoms with Crippen molar-refractivity contribution in [1.29, 1.82) is 0 Å². The Morgan fingerprint density at radius 2 is 2.00 bits per heavy atom. The number of nitrogens with two attached hydrogens (primary N) is 2. The highest BCUT2D eigenvalue weighted by Gasteiger charge is 2.16. The second-order valence-electron chi connectivity index (χ2n) is 3.85. The van der Waals surface area contributed by atoms with Gasteiger partial charge >= 0.3 is 12.0 Å². The number of primary amides is 1. The zero-order valence-electron chi connectivity index (χ0n) is 10.2. The van der Waals surface area contributed by atoms with Crippen molar-refractivity contribution >= 4 is 29.3 Å². The van der Waals surface area contributed by atoms with E-state index < -0.39 is 17.9 Å². The van der Waals surface area contributed by atoms with E-state index in [1.54, 1.807) is 0 Å². The maximum atomic E-state index is 11.4. The molecule has 8 heteroatoms. The summed E-state index contributed by atoms with van der Waals surface area (Å²) in [5, 5.41) is 11.0. The standard InChI is InChI=1S/C11H14N4O4/c1-15(5-9(16)14-11(13)19)8-3-2-6(12)4-7(8)10(17)18/h2-4H,5,12H2,1H3,(H,17,18)(H3,13,14,16,19). The molecule has 0 saturated carbocycles. The Morgan fingerprint density at radius 3 is 2.53 bits per heavy atom. The molecule has 6 N–H and O–H groups in total. The van der Waals surface area contributed by atoms with E-state index in [0.717, 1.165) is 0 Å². The number of amides is 3. The van der Waals surface area contributed by atoms with Crippen LogP contribution in [0.25, 0.3) is 0 Å². The summed E-state index contributed by atoms with van der Waals surface area (Å²) < 4.78 is 0. The molecule has 0 bridgehead atoms. The molecule has 8 nitrogen and oxygen atoms in total.